The van der Waals surface area contributed by atoms with Crippen LogP contribution in [0.15, 0.2) is 29.9 Å². The summed E-state index contributed by atoms with van der Waals surface area (Å²) in [4.78, 5) is 37.7. The number of aryl methyl sites for hydroxylation is 4. The van der Waals surface area contributed by atoms with Gasteiger partial charge in [0.15, 0.2) is 0 Å². The molecular weight excluding hydrogens is 452 g/mol. The van der Waals surface area contributed by atoms with Gasteiger partial charge >= 0.3 is 5.97 Å². The fourth-order valence-corrected chi connectivity index (χ4v) is 4.45. The van der Waals surface area contributed by atoms with Gasteiger partial charge in [-0.2, -0.15) is 10.1 Å². The molecule has 0 aliphatic heterocycles. The molecule has 0 unspecified atom stereocenters. The molecule has 176 valence electrons. The lowest BCUT2D eigenvalue weighted by atomic mass is 10.1. The van der Waals surface area contributed by atoms with Crippen LogP contribution >= 0.6 is 11.3 Å². The third-order valence-electron chi connectivity index (χ3n) is 5.53. The molecule has 1 aromatic carbocycles. The van der Waals surface area contributed by atoms with Gasteiger partial charge in [0, 0.05) is 28.9 Å². The van der Waals surface area contributed by atoms with Gasteiger partial charge in [0.1, 0.15) is 17.9 Å². The zero-order valence-electron chi connectivity index (χ0n) is 19.6. The number of aromatic nitrogens is 5. The fourth-order valence-electron chi connectivity index (χ4n) is 3.67. The van der Waals surface area contributed by atoms with E-state index >= 15 is 0 Å². The van der Waals surface area contributed by atoms with Gasteiger partial charge in [-0.05, 0) is 56.9 Å². The molecule has 0 bridgehead atoms. The molecule has 3 aromatic heterocycles. The summed E-state index contributed by atoms with van der Waals surface area (Å²) in [5, 5.41) is 9.59. The molecule has 9 nitrogen and oxygen atoms in total. The van der Waals surface area contributed by atoms with Crippen molar-refractivity contribution < 1.29 is 14.3 Å². The Hall–Kier alpha value is -3.66. The number of carbonyl (C=O) groups excluding carboxylic acids is 2. The highest BCUT2D eigenvalue weighted by molar-refractivity contribution is 7.09. The van der Waals surface area contributed by atoms with E-state index < -0.39 is 0 Å². The molecule has 4 aromatic rings. The first kappa shape index (κ1) is 23.5. The van der Waals surface area contributed by atoms with E-state index in [2.05, 4.69) is 25.4 Å². The second-order valence-corrected chi connectivity index (χ2v) is 9.11. The third-order valence-corrected chi connectivity index (χ3v) is 6.42. The number of hydrogen-bond donors (Lipinski definition) is 1. The van der Waals surface area contributed by atoms with E-state index in [-0.39, 0.29) is 31.3 Å². The average molecular weight is 479 g/mol. The number of esters is 1. The minimum Gasteiger partial charge on any atom is -0.459 e. The molecule has 0 aliphatic rings. The Bertz CT molecular complexity index is 1360. The van der Waals surface area contributed by atoms with Crippen LogP contribution < -0.4 is 5.32 Å². The summed E-state index contributed by atoms with van der Waals surface area (Å²) in [6, 6.07) is 5.93. The maximum Gasteiger partial charge on any atom is 0.306 e. The number of anilines is 1. The van der Waals surface area contributed by atoms with E-state index in [1.54, 1.807) is 4.52 Å². The number of thiazole rings is 1. The van der Waals surface area contributed by atoms with Crippen molar-refractivity contribution in [3.63, 3.8) is 0 Å². The summed E-state index contributed by atoms with van der Waals surface area (Å²) >= 11 is 1.38. The Balaban J connectivity index is 1.27. The molecule has 0 atom stereocenters. The quantitative estimate of drug-likeness (QED) is 0.385. The number of carbonyl (C=O) groups is 2. The number of benzene rings is 1. The van der Waals surface area contributed by atoms with Crippen molar-refractivity contribution in [1.82, 2.24) is 24.6 Å². The molecular formula is C24H26N6O3S. The largest absolute Gasteiger partial charge is 0.459 e. The highest BCUT2D eigenvalue weighted by Crippen LogP contribution is 2.18. The molecule has 3 heterocycles. The average Bonchev–Trinajstić information content (AvgIpc) is 3.44. The molecule has 0 saturated heterocycles. The number of rotatable bonds is 8. The normalized spacial score (nSPS) is 11.1. The summed E-state index contributed by atoms with van der Waals surface area (Å²) in [5.41, 5.74) is 6.23. The number of nitrogens with zero attached hydrogens (tertiary/aromatic N) is 5. The van der Waals surface area contributed by atoms with Gasteiger partial charge in [0.2, 0.25) is 5.91 Å². The predicted molar refractivity (Wildman–Crippen MR) is 129 cm³/mol. The van der Waals surface area contributed by atoms with Crippen molar-refractivity contribution in [2.24, 2.45) is 0 Å². The van der Waals surface area contributed by atoms with E-state index in [4.69, 9.17) is 4.74 Å². The summed E-state index contributed by atoms with van der Waals surface area (Å²) < 4.78 is 7.06. The molecule has 0 spiro atoms. The van der Waals surface area contributed by atoms with Crippen LogP contribution in [0.25, 0.3) is 5.78 Å². The molecule has 10 heteroatoms. The number of ether oxygens (including phenoxy) is 1. The molecule has 0 fully saturated rings. The second kappa shape index (κ2) is 10.1. The van der Waals surface area contributed by atoms with Crippen LogP contribution in [0.5, 0.6) is 0 Å². The van der Waals surface area contributed by atoms with Crippen molar-refractivity contribution >= 4 is 34.7 Å². The van der Waals surface area contributed by atoms with Crippen LogP contribution in [0.4, 0.5) is 5.69 Å². The van der Waals surface area contributed by atoms with E-state index in [0.717, 1.165) is 33.8 Å². The zero-order valence-corrected chi connectivity index (χ0v) is 20.4. The van der Waals surface area contributed by atoms with Crippen molar-refractivity contribution in [2.75, 3.05) is 5.32 Å². The van der Waals surface area contributed by atoms with E-state index in [1.807, 2.05) is 51.3 Å². The van der Waals surface area contributed by atoms with E-state index in [9.17, 15) is 9.59 Å². The lowest BCUT2D eigenvalue weighted by molar-refractivity contribution is -0.145. The first-order chi connectivity index (χ1) is 16.3. The van der Waals surface area contributed by atoms with Gasteiger partial charge in [-0.15, -0.1) is 11.3 Å². The van der Waals surface area contributed by atoms with Gasteiger partial charge in [-0.3, -0.25) is 9.59 Å². The van der Waals surface area contributed by atoms with Crippen molar-refractivity contribution in [1.29, 1.82) is 0 Å². The minimum absolute atomic E-state index is 0.0757. The molecule has 1 N–H and O–H groups in total. The Labute approximate surface area is 201 Å². The molecule has 0 saturated carbocycles. The molecule has 34 heavy (non-hydrogen) atoms. The smallest absolute Gasteiger partial charge is 0.306 e. The molecule has 4 rings (SSSR count). The summed E-state index contributed by atoms with van der Waals surface area (Å²) in [6.07, 6.45) is 2.35. The van der Waals surface area contributed by atoms with Crippen LogP contribution in [0.1, 0.15) is 45.2 Å². The van der Waals surface area contributed by atoms with E-state index in [0.29, 0.717) is 22.9 Å². The minimum atomic E-state index is -0.320. The van der Waals surface area contributed by atoms with Crippen LogP contribution in [-0.2, 0) is 33.8 Å². The summed E-state index contributed by atoms with van der Waals surface area (Å²) in [7, 11) is 0. The lowest BCUT2D eigenvalue weighted by Crippen LogP contribution is -2.15. The van der Waals surface area contributed by atoms with Crippen LogP contribution in [0.3, 0.4) is 0 Å². The van der Waals surface area contributed by atoms with Gasteiger partial charge in [0.25, 0.3) is 5.78 Å². The topological polar surface area (TPSA) is 111 Å². The number of nitrogens with one attached hydrogen (secondary N) is 1. The Morgan fingerprint density at radius 1 is 1.15 bits per heavy atom. The van der Waals surface area contributed by atoms with Crippen molar-refractivity contribution in [2.45, 2.75) is 53.6 Å². The van der Waals surface area contributed by atoms with Gasteiger partial charge in [-0.1, -0.05) is 12.1 Å². The van der Waals surface area contributed by atoms with Crippen LogP contribution in [-0.4, -0.2) is 36.4 Å². The van der Waals surface area contributed by atoms with Crippen molar-refractivity contribution in [3.8, 4) is 0 Å². The number of hydrogen-bond acceptors (Lipinski definition) is 8. The molecule has 0 radical (unpaired) electrons. The molecule has 1 amide bonds. The Kier molecular flexibility index (Phi) is 6.97. The zero-order chi connectivity index (χ0) is 24.2. The molecule has 0 aliphatic carbocycles. The third kappa shape index (κ3) is 5.45. The standard InChI is InChI=1S/C24H26N6O3S/c1-14-5-6-15(2)20(9-14)29-21(31)10-22-28-18(12-34-22)11-33-23(32)8-7-19-16(3)27-24-25-13-26-30(24)17(19)4/h5-6,9,12-13H,7-8,10-11H2,1-4H3,(H,29,31). The van der Waals surface area contributed by atoms with Gasteiger partial charge < -0.3 is 10.1 Å². The van der Waals surface area contributed by atoms with Gasteiger partial charge in [-0.25, -0.2) is 14.5 Å². The Morgan fingerprint density at radius 3 is 2.79 bits per heavy atom. The van der Waals surface area contributed by atoms with Crippen LogP contribution in [0.2, 0.25) is 0 Å². The van der Waals surface area contributed by atoms with Crippen LogP contribution in [0, 0.1) is 27.7 Å². The first-order valence-electron chi connectivity index (χ1n) is 10.9. The highest BCUT2D eigenvalue weighted by atomic mass is 32.1. The SMILES string of the molecule is Cc1ccc(C)c(NC(=O)Cc2nc(COC(=O)CCc3c(C)nc4ncnn4c3C)cs2)c1. The van der Waals surface area contributed by atoms with Crippen molar-refractivity contribution in [3.05, 3.63) is 68.7 Å². The second-order valence-electron chi connectivity index (χ2n) is 8.17. The lowest BCUT2D eigenvalue weighted by Gasteiger charge is -2.10. The summed E-state index contributed by atoms with van der Waals surface area (Å²) in [5.74, 6) is 0.0957. The highest BCUT2D eigenvalue weighted by Gasteiger charge is 2.14. The monoisotopic (exact) mass is 478 g/mol. The van der Waals surface area contributed by atoms with Gasteiger partial charge in [0.05, 0.1) is 12.1 Å². The maximum atomic E-state index is 12.4. The Morgan fingerprint density at radius 2 is 1.97 bits per heavy atom. The number of amides is 1. The maximum absolute atomic E-state index is 12.4. The fraction of sp³-hybridized carbons (Fsp3) is 0.333. The number of fused-ring (bicyclic) bond motifs is 1. The first-order valence-corrected chi connectivity index (χ1v) is 11.8. The van der Waals surface area contributed by atoms with E-state index in [1.165, 1.54) is 17.7 Å². The predicted octanol–water partition coefficient (Wildman–Crippen LogP) is 3.67. The summed E-state index contributed by atoms with van der Waals surface area (Å²) in [6.45, 7) is 7.85.